The number of esters is 2. The van der Waals surface area contributed by atoms with Crippen LogP contribution in [0.1, 0.15) is 48.1 Å². The lowest BCUT2D eigenvalue weighted by molar-refractivity contribution is -0.621. The van der Waals surface area contributed by atoms with Gasteiger partial charge in [-0.15, -0.1) is 0 Å². The molecule has 1 fully saturated rings. The molecule has 1 aliphatic heterocycles. The van der Waals surface area contributed by atoms with Gasteiger partial charge in [-0.25, -0.2) is 9.30 Å². The lowest BCUT2D eigenvalue weighted by Crippen LogP contribution is -2.50. The molecule has 1 aromatic heterocycles. The summed E-state index contributed by atoms with van der Waals surface area (Å²) in [6.45, 7) is 6.85. The summed E-state index contributed by atoms with van der Waals surface area (Å²) in [5.41, 5.74) is 2.63. The molecule has 8 nitrogen and oxygen atoms in total. The van der Waals surface area contributed by atoms with Gasteiger partial charge in [0.25, 0.3) is 11.6 Å². The summed E-state index contributed by atoms with van der Waals surface area (Å²) in [6, 6.07) is 15.7. The summed E-state index contributed by atoms with van der Waals surface area (Å²) >= 11 is 0. The molecule has 2 aromatic carbocycles. The molecule has 0 aliphatic carbocycles. The first-order chi connectivity index (χ1) is 15.6. The highest BCUT2D eigenvalue weighted by atomic mass is 16.7. The van der Waals surface area contributed by atoms with E-state index in [0.717, 1.165) is 10.3 Å². The lowest BCUT2D eigenvalue weighted by atomic mass is 9.84. The van der Waals surface area contributed by atoms with Crippen LogP contribution in [0.3, 0.4) is 0 Å². The first kappa shape index (κ1) is 22.4. The molecule has 3 aromatic rings. The van der Waals surface area contributed by atoms with Crippen molar-refractivity contribution in [2.45, 2.75) is 45.9 Å². The van der Waals surface area contributed by atoms with Gasteiger partial charge in [0.2, 0.25) is 0 Å². The van der Waals surface area contributed by atoms with Crippen LogP contribution in [0.5, 0.6) is 5.75 Å². The van der Waals surface area contributed by atoms with Gasteiger partial charge in [-0.2, -0.15) is 0 Å². The van der Waals surface area contributed by atoms with Crippen molar-refractivity contribution in [3.8, 4) is 5.75 Å². The maximum absolute atomic E-state index is 13.4. The molecule has 1 aliphatic rings. The minimum absolute atomic E-state index is 0.0226. The van der Waals surface area contributed by atoms with Crippen molar-refractivity contribution >= 4 is 11.9 Å². The summed E-state index contributed by atoms with van der Waals surface area (Å²) in [6.07, 6.45) is 0. The monoisotopic (exact) mass is 450 g/mol. The molecule has 0 radical (unpaired) electrons. The Hall–Kier alpha value is -3.81. The van der Waals surface area contributed by atoms with Crippen molar-refractivity contribution in [2.24, 2.45) is 5.92 Å². The number of aromatic hydroxyl groups is 1. The quantitative estimate of drug-likeness (QED) is 0.277. The van der Waals surface area contributed by atoms with Crippen molar-refractivity contribution in [1.29, 1.82) is 0 Å². The number of carbonyl (C=O) groups is 2. The van der Waals surface area contributed by atoms with E-state index in [-0.39, 0.29) is 11.6 Å². The second-order valence-corrected chi connectivity index (χ2v) is 8.68. The number of hydrogen-bond donors (Lipinski definition) is 1. The third-order valence-electron chi connectivity index (χ3n) is 5.97. The number of aromatic nitrogens is 2. The van der Waals surface area contributed by atoms with Gasteiger partial charge < -0.3 is 19.8 Å². The number of ether oxygens (including phenoxy) is 2. The number of carbonyl (C=O) groups excluding carboxylic acids is 2. The highest BCUT2D eigenvalue weighted by Crippen LogP contribution is 2.38. The molecule has 2 heterocycles. The predicted molar refractivity (Wildman–Crippen MR) is 118 cm³/mol. The summed E-state index contributed by atoms with van der Waals surface area (Å²) in [5, 5.41) is 23.2. The zero-order valence-electron chi connectivity index (χ0n) is 18.9. The number of phenols is 1. The second kappa shape index (κ2) is 8.27. The van der Waals surface area contributed by atoms with E-state index in [1.807, 2.05) is 41.8 Å². The largest absolute Gasteiger partial charge is 0.711 e. The normalized spacial score (nSPS) is 16.8. The number of benzene rings is 2. The summed E-state index contributed by atoms with van der Waals surface area (Å²) in [4.78, 5) is 26.1. The van der Waals surface area contributed by atoms with Crippen LogP contribution < -0.4 is 4.73 Å². The minimum atomic E-state index is -1.39. The fraction of sp³-hybridized carbons (Fsp3) is 0.320. The van der Waals surface area contributed by atoms with Gasteiger partial charge >= 0.3 is 11.9 Å². The zero-order valence-corrected chi connectivity index (χ0v) is 18.9. The van der Waals surface area contributed by atoms with Gasteiger partial charge in [0.15, 0.2) is 5.92 Å². The fourth-order valence-electron chi connectivity index (χ4n) is 4.23. The fourth-order valence-corrected chi connectivity index (χ4v) is 4.23. The average Bonchev–Trinajstić information content (AvgIpc) is 2.95. The number of rotatable bonds is 5. The molecule has 1 saturated heterocycles. The van der Waals surface area contributed by atoms with Gasteiger partial charge in [-0.3, -0.25) is 9.59 Å². The number of cyclic esters (lactones) is 2. The Morgan fingerprint density at radius 1 is 1.03 bits per heavy atom. The van der Waals surface area contributed by atoms with Crippen LogP contribution in [0, 0.1) is 25.0 Å². The van der Waals surface area contributed by atoms with E-state index < -0.39 is 29.6 Å². The van der Waals surface area contributed by atoms with Gasteiger partial charge in [-0.05, 0) is 23.3 Å². The van der Waals surface area contributed by atoms with Crippen LogP contribution in [0.4, 0.5) is 0 Å². The minimum Gasteiger partial charge on any atom is -0.711 e. The molecule has 0 unspecified atom stereocenters. The van der Waals surface area contributed by atoms with Crippen LogP contribution in [0.15, 0.2) is 54.6 Å². The van der Waals surface area contributed by atoms with E-state index in [4.69, 9.17) is 9.47 Å². The van der Waals surface area contributed by atoms with E-state index in [1.54, 1.807) is 19.1 Å². The third kappa shape index (κ3) is 4.16. The molecule has 0 amide bonds. The standard InChI is InChI=1S/C25H26N2O6/c1-15-16(2)27(31)22(26(15)14-17-8-6-5-7-9-17)20(18-10-12-19(28)13-11-18)21-23(29)32-25(3,4)33-24(21)30/h5-13,20-21,28H,14H2,1-4H3/t20-/m1/s1. The number of imidazole rings is 1. The van der Waals surface area contributed by atoms with E-state index in [1.165, 1.54) is 26.0 Å². The van der Waals surface area contributed by atoms with Crippen LogP contribution >= 0.6 is 0 Å². The van der Waals surface area contributed by atoms with Crippen molar-refractivity contribution in [3.05, 3.63) is 88.1 Å². The molecule has 0 spiro atoms. The Balaban J connectivity index is 1.92. The Kier molecular flexibility index (Phi) is 5.61. The Labute approximate surface area is 191 Å². The highest BCUT2D eigenvalue weighted by molar-refractivity contribution is 5.98. The topological polar surface area (TPSA) is 105 Å². The molecular formula is C25H26N2O6. The second-order valence-electron chi connectivity index (χ2n) is 8.68. The maximum atomic E-state index is 13.4. The third-order valence-corrected chi connectivity index (χ3v) is 5.97. The average molecular weight is 450 g/mol. The van der Waals surface area contributed by atoms with Crippen LogP contribution in [-0.4, -0.2) is 27.4 Å². The highest BCUT2D eigenvalue weighted by Gasteiger charge is 2.51. The lowest BCUT2D eigenvalue weighted by Gasteiger charge is -2.35. The number of hydrogen-bond acceptors (Lipinski definition) is 6. The van der Waals surface area contributed by atoms with E-state index in [9.17, 15) is 19.9 Å². The summed E-state index contributed by atoms with van der Waals surface area (Å²) in [7, 11) is 0. The molecule has 1 N–H and O–H groups in total. The van der Waals surface area contributed by atoms with Crippen LogP contribution in [0.2, 0.25) is 0 Å². The van der Waals surface area contributed by atoms with E-state index >= 15 is 0 Å². The van der Waals surface area contributed by atoms with Crippen molar-refractivity contribution in [3.63, 3.8) is 0 Å². The van der Waals surface area contributed by atoms with E-state index in [2.05, 4.69) is 0 Å². The Morgan fingerprint density at radius 3 is 2.18 bits per heavy atom. The summed E-state index contributed by atoms with van der Waals surface area (Å²) in [5.74, 6) is -5.06. The molecule has 0 bridgehead atoms. The molecular weight excluding hydrogens is 424 g/mol. The van der Waals surface area contributed by atoms with Gasteiger partial charge in [-0.1, -0.05) is 42.5 Å². The van der Waals surface area contributed by atoms with Crippen molar-refractivity contribution in [1.82, 2.24) is 4.57 Å². The zero-order chi connectivity index (χ0) is 23.9. The van der Waals surface area contributed by atoms with Crippen LogP contribution in [-0.2, 0) is 25.6 Å². The number of phenolic OH excluding ortho intramolecular Hbond substituents is 1. The maximum Gasteiger partial charge on any atom is 0.324 e. The number of nitrogens with zero attached hydrogens (tertiary/aromatic N) is 2. The van der Waals surface area contributed by atoms with Crippen molar-refractivity contribution < 1.29 is 28.9 Å². The first-order valence-corrected chi connectivity index (χ1v) is 10.7. The Morgan fingerprint density at radius 2 is 1.61 bits per heavy atom. The molecule has 33 heavy (non-hydrogen) atoms. The van der Waals surface area contributed by atoms with Gasteiger partial charge in [0.05, 0.1) is 0 Å². The van der Waals surface area contributed by atoms with Crippen molar-refractivity contribution in [2.75, 3.05) is 0 Å². The smallest absolute Gasteiger partial charge is 0.324 e. The Bertz CT molecular complexity index is 1180. The van der Waals surface area contributed by atoms with E-state index in [0.29, 0.717) is 23.5 Å². The molecule has 1 atom stereocenters. The summed E-state index contributed by atoms with van der Waals surface area (Å²) < 4.78 is 13.4. The molecule has 0 saturated carbocycles. The molecule has 4 rings (SSSR count). The first-order valence-electron chi connectivity index (χ1n) is 10.7. The predicted octanol–water partition coefficient (Wildman–Crippen LogP) is 3.08. The van der Waals surface area contributed by atoms with Crippen LogP contribution in [0.25, 0.3) is 0 Å². The van der Waals surface area contributed by atoms with Gasteiger partial charge in [0.1, 0.15) is 29.6 Å². The molecule has 8 heteroatoms. The molecule has 172 valence electrons. The SMILES string of the molecule is Cc1c(C)[n+]([O-])c([C@H](c2ccc(O)cc2)C2C(=O)OC(C)(C)OC2=O)n1Cc1ccccc1. The van der Waals surface area contributed by atoms with Gasteiger partial charge in [0, 0.05) is 27.7 Å².